The number of hydrogen-bond donors (Lipinski definition) is 3. The lowest BCUT2D eigenvalue weighted by molar-refractivity contribution is -0.161. The van der Waals surface area contributed by atoms with Crippen LogP contribution in [0.25, 0.3) is 0 Å². The Kier molecular flexibility index (Phi) is 53.9. The maximum atomic E-state index is 13.0. The molecule has 0 rings (SSSR count). The average Bonchev–Trinajstić information content (AvgIpc) is 3.54. The van der Waals surface area contributed by atoms with E-state index in [0.29, 0.717) is 43.4 Å². The summed E-state index contributed by atoms with van der Waals surface area (Å²) in [4.78, 5) is 72.2. The van der Waals surface area contributed by atoms with Crippen molar-refractivity contribution in [2.45, 2.75) is 331 Å². The van der Waals surface area contributed by atoms with Crippen molar-refractivity contribution in [2.75, 3.05) is 39.6 Å². The Morgan fingerprint density at radius 2 is 0.500 bits per heavy atom. The highest BCUT2D eigenvalue weighted by Crippen LogP contribution is 2.45. The molecule has 0 bridgehead atoms. The topological polar surface area (TPSA) is 237 Å². The lowest BCUT2D eigenvalue weighted by Gasteiger charge is -2.21. The number of rotatable bonds is 62. The number of carbonyl (C=O) groups is 4. The second-order valence-electron chi connectivity index (χ2n) is 25.4. The van der Waals surface area contributed by atoms with Gasteiger partial charge in [0, 0.05) is 25.7 Å². The highest BCUT2D eigenvalue weighted by atomic mass is 31.2. The van der Waals surface area contributed by atoms with Gasteiger partial charge in [-0.2, -0.15) is 0 Å². The third-order valence-electron chi connectivity index (χ3n) is 14.8. The van der Waals surface area contributed by atoms with Crippen LogP contribution in [0.5, 0.6) is 0 Å². The van der Waals surface area contributed by atoms with Crippen LogP contribution < -0.4 is 0 Å². The van der Waals surface area contributed by atoms with Crippen molar-refractivity contribution in [3.05, 3.63) is 0 Å². The summed E-state index contributed by atoms with van der Waals surface area (Å²) in [5, 5.41) is 10.5. The molecular formula is C65H126O17P2. The largest absolute Gasteiger partial charge is 0.472 e. The molecule has 17 nitrogen and oxygen atoms in total. The molecule has 0 fully saturated rings. The molecule has 0 heterocycles. The Balaban J connectivity index is 5.21. The van der Waals surface area contributed by atoms with Crippen LogP contribution >= 0.6 is 15.6 Å². The molecule has 2 unspecified atom stereocenters. The SMILES string of the molecule is CC(C)CCCCCCCCCCCCCCCC(=O)O[C@H](COC(=O)CCCCCCCCC(C)C)COP(=O)(O)OC[C@H](O)COP(=O)(O)OC[C@@H](COC(=O)CCCCCCCCCC(C)C)OC(=O)CCCCCCCCC(C)C. The summed E-state index contributed by atoms with van der Waals surface area (Å²) in [5.74, 6) is 0.697. The van der Waals surface area contributed by atoms with Gasteiger partial charge < -0.3 is 33.8 Å². The van der Waals surface area contributed by atoms with Gasteiger partial charge in [-0.25, -0.2) is 9.13 Å². The highest BCUT2D eigenvalue weighted by Gasteiger charge is 2.30. The summed E-state index contributed by atoms with van der Waals surface area (Å²) in [6, 6.07) is 0. The number of aliphatic hydroxyl groups excluding tert-OH is 1. The van der Waals surface area contributed by atoms with Crippen LogP contribution in [0.1, 0.15) is 312 Å². The Morgan fingerprint density at radius 3 is 0.738 bits per heavy atom. The number of carbonyl (C=O) groups excluding carboxylic acids is 4. The van der Waals surface area contributed by atoms with Gasteiger partial charge in [0.1, 0.15) is 19.3 Å². The molecule has 0 saturated heterocycles. The van der Waals surface area contributed by atoms with E-state index in [2.05, 4.69) is 55.4 Å². The van der Waals surface area contributed by atoms with Gasteiger partial charge in [0.15, 0.2) is 12.2 Å². The van der Waals surface area contributed by atoms with Crippen LogP contribution in [0, 0.1) is 23.7 Å². The molecule has 0 amide bonds. The van der Waals surface area contributed by atoms with Crippen molar-refractivity contribution < 1.29 is 80.2 Å². The highest BCUT2D eigenvalue weighted by molar-refractivity contribution is 7.47. The molecule has 0 radical (unpaired) electrons. The predicted octanol–water partition coefficient (Wildman–Crippen LogP) is 17.8. The third kappa shape index (κ3) is 59.0. The number of esters is 4. The van der Waals surface area contributed by atoms with Crippen molar-refractivity contribution in [1.82, 2.24) is 0 Å². The quantitative estimate of drug-likeness (QED) is 0.0222. The normalized spacial score (nSPS) is 14.4. The smallest absolute Gasteiger partial charge is 0.462 e. The van der Waals surface area contributed by atoms with E-state index >= 15 is 0 Å². The van der Waals surface area contributed by atoms with Gasteiger partial charge in [-0.3, -0.25) is 37.3 Å². The predicted molar refractivity (Wildman–Crippen MR) is 335 cm³/mol. The third-order valence-corrected chi connectivity index (χ3v) is 16.7. The summed E-state index contributed by atoms with van der Waals surface area (Å²) in [5.41, 5.74) is 0. The first-order chi connectivity index (χ1) is 40.1. The van der Waals surface area contributed by atoms with E-state index in [4.69, 9.17) is 37.0 Å². The minimum absolute atomic E-state index is 0.101. The van der Waals surface area contributed by atoms with Gasteiger partial charge in [-0.15, -0.1) is 0 Å². The van der Waals surface area contributed by atoms with Gasteiger partial charge in [0.25, 0.3) is 0 Å². The lowest BCUT2D eigenvalue weighted by atomic mass is 10.0. The fraction of sp³-hybridized carbons (Fsp3) is 0.938. The summed E-state index contributed by atoms with van der Waals surface area (Å²) < 4.78 is 68.0. The summed E-state index contributed by atoms with van der Waals surface area (Å²) >= 11 is 0. The number of phosphoric ester groups is 2. The minimum Gasteiger partial charge on any atom is -0.462 e. The monoisotopic (exact) mass is 1240 g/mol. The molecule has 84 heavy (non-hydrogen) atoms. The minimum atomic E-state index is -4.95. The van der Waals surface area contributed by atoms with Gasteiger partial charge in [0.05, 0.1) is 26.4 Å². The van der Waals surface area contributed by atoms with Gasteiger partial charge in [-0.05, 0) is 49.4 Å². The molecule has 0 aromatic heterocycles. The van der Waals surface area contributed by atoms with Crippen LogP contribution in [0.4, 0.5) is 0 Å². The fourth-order valence-corrected chi connectivity index (χ4v) is 11.2. The molecule has 0 spiro atoms. The first kappa shape index (κ1) is 82.1. The fourth-order valence-electron chi connectivity index (χ4n) is 9.61. The van der Waals surface area contributed by atoms with E-state index in [9.17, 15) is 43.2 Å². The van der Waals surface area contributed by atoms with Crippen molar-refractivity contribution in [1.29, 1.82) is 0 Å². The average molecular weight is 1240 g/mol. The summed E-state index contributed by atoms with van der Waals surface area (Å²) in [6.45, 7) is 13.9. The molecule has 3 N–H and O–H groups in total. The zero-order chi connectivity index (χ0) is 62.5. The van der Waals surface area contributed by atoms with Gasteiger partial charge in [-0.1, -0.05) is 261 Å². The van der Waals surface area contributed by atoms with E-state index in [1.807, 2.05) is 0 Å². The van der Waals surface area contributed by atoms with Crippen molar-refractivity contribution in [3.63, 3.8) is 0 Å². The van der Waals surface area contributed by atoms with Crippen LogP contribution in [-0.2, 0) is 65.4 Å². The zero-order valence-corrected chi connectivity index (χ0v) is 56.3. The molecule has 0 saturated carbocycles. The van der Waals surface area contributed by atoms with Crippen molar-refractivity contribution >= 4 is 39.5 Å². The zero-order valence-electron chi connectivity index (χ0n) is 54.5. The second-order valence-corrected chi connectivity index (χ2v) is 28.3. The lowest BCUT2D eigenvalue weighted by Crippen LogP contribution is -2.30. The van der Waals surface area contributed by atoms with E-state index < -0.39 is 97.5 Å². The number of aliphatic hydroxyl groups is 1. The number of unbranched alkanes of at least 4 members (excludes halogenated alkanes) is 28. The second kappa shape index (κ2) is 55.2. The maximum absolute atomic E-state index is 13.0. The molecule has 498 valence electrons. The van der Waals surface area contributed by atoms with Gasteiger partial charge >= 0.3 is 39.5 Å². The molecule has 0 aromatic carbocycles. The molecular weight excluding hydrogens is 1110 g/mol. The van der Waals surface area contributed by atoms with Crippen LogP contribution in [0.15, 0.2) is 0 Å². The van der Waals surface area contributed by atoms with Crippen LogP contribution in [0.2, 0.25) is 0 Å². The molecule has 0 aromatic rings. The van der Waals surface area contributed by atoms with E-state index in [-0.39, 0.29) is 25.7 Å². The first-order valence-corrected chi connectivity index (χ1v) is 36.7. The molecule has 0 aliphatic carbocycles. The van der Waals surface area contributed by atoms with E-state index in [0.717, 1.165) is 109 Å². The maximum Gasteiger partial charge on any atom is 0.472 e. The summed E-state index contributed by atoms with van der Waals surface area (Å²) in [6.07, 6.45) is 35.3. The Bertz CT molecular complexity index is 1680. The van der Waals surface area contributed by atoms with Crippen LogP contribution in [0.3, 0.4) is 0 Å². The summed E-state index contributed by atoms with van der Waals surface area (Å²) in [7, 11) is -9.89. The Hall–Kier alpha value is -1.94. The number of phosphoric acid groups is 2. The van der Waals surface area contributed by atoms with E-state index in [1.165, 1.54) is 103 Å². The molecule has 19 heteroatoms. The van der Waals surface area contributed by atoms with Crippen LogP contribution in [-0.4, -0.2) is 96.7 Å². The molecule has 0 aliphatic rings. The van der Waals surface area contributed by atoms with E-state index in [1.54, 1.807) is 0 Å². The standard InChI is InChI=1S/C65H126O17P2/c1-55(2)41-33-25-17-14-12-10-9-11-13-15-19-31-39-47-64(69)81-60(52-76-63(68)46-38-30-23-21-27-35-43-57(5)6)53-79-83(71,72)77-49-59(66)50-78-84(73,74)80-54-61(82-65(70)48-40-32-24-22-28-36-44-58(7)8)51-75-62(67)45-37-29-20-16-18-26-34-42-56(3)4/h55-61,66H,9-54H2,1-8H3,(H,71,72)(H,73,74)/t59-,60+,61+/m0/s1. The number of hydrogen-bond acceptors (Lipinski definition) is 15. The molecule has 0 aliphatic heterocycles. The molecule has 5 atom stereocenters. The van der Waals surface area contributed by atoms with Crippen molar-refractivity contribution in [3.8, 4) is 0 Å². The first-order valence-electron chi connectivity index (χ1n) is 33.7. The Labute approximate surface area is 511 Å². The van der Waals surface area contributed by atoms with Gasteiger partial charge in [0.2, 0.25) is 0 Å². The Morgan fingerprint density at radius 1 is 0.298 bits per heavy atom. The number of ether oxygens (including phenoxy) is 4. The van der Waals surface area contributed by atoms with Crippen molar-refractivity contribution in [2.24, 2.45) is 23.7 Å².